The van der Waals surface area contributed by atoms with Gasteiger partial charge in [0.1, 0.15) is 0 Å². The first-order chi connectivity index (χ1) is 11.7. The van der Waals surface area contributed by atoms with Crippen molar-refractivity contribution in [2.75, 3.05) is 52.7 Å². The summed E-state index contributed by atoms with van der Waals surface area (Å²) in [5.74, 6) is 0.789. The number of piperidine rings is 1. The number of hydrogen-bond donors (Lipinski definition) is 2. The van der Waals surface area contributed by atoms with E-state index in [4.69, 9.17) is 4.74 Å². The van der Waals surface area contributed by atoms with Crippen molar-refractivity contribution >= 4 is 15.8 Å². The molecule has 148 valence electrons. The van der Waals surface area contributed by atoms with E-state index in [1.807, 2.05) is 0 Å². The highest BCUT2D eigenvalue weighted by Crippen LogP contribution is 2.15. The fourth-order valence-electron chi connectivity index (χ4n) is 2.73. The summed E-state index contributed by atoms with van der Waals surface area (Å²) in [6.07, 6.45) is 3.20. The van der Waals surface area contributed by atoms with Crippen molar-refractivity contribution in [2.24, 2.45) is 4.99 Å². The van der Waals surface area contributed by atoms with Gasteiger partial charge in [0.2, 0.25) is 0 Å². The van der Waals surface area contributed by atoms with Crippen molar-refractivity contribution < 1.29 is 13.2 Å². The fraction of sp³-hybridized carbons (Fsp3) is 0.941. The average molecular weight is 377 g/mol. The van der Waals surface area contributed by atoms with E-state index in [0.29, 0.717) is 18.5 Å². The Labute approximate surface area is 153 Å². The molecule has 0 bridgehead atoms. The molecule has 1 heterocycles. The molecule has 1 aliphatic rings. The quantitative estimate of drug-likeness (QED) is 0.371. The zero-order chi connectivity index (χ0) is 18.9. The largest absolute Gasteiger partial charge is 0.385 e. The van der Waals surface area contributed by atoms with Gasteiger partial charge in [-0.05, 0) is 40.0 Å². The maximum absolute atomic E-state index is 12.1. The molecule has 7 nitrogen and oxygen atoms in total. The zero-order valence-corrected chi connectivity index (χ0v) is 17.3. The molecule has 0 aromatic rings. The van der Waals surface area contributed by atoms with Gasteiger partial charge in [-0.15, -0.1) is 0 Å². The van der Waals surface area contributed by atoms with Crippen LogP contribution in [0.25, 0.3) is 0 Å². The normalized spacial score (nSPS) is 18.4. The van der Waals surface area contributed by atoms with Crippen LogP contribution in [0.3, 0.4) is 0 Å². The first-order valence-corrected chi connectivity index (χ1v) is 10.8. The van der Waals surface area contributed by atoms with Crippen molar-refractivity contribution in [3.63, 3.8) is 0 Å². The van der Waals surface area contributed by atoms with Gasteiger partial charge < -0.3 is 20.3 Å². The minimum absolute atomic E-state index is 0.106. The predicted octanol–water partition coefficient (Wildman–Crippen LogP) is 0.866. The van der Waals surface area contributed by atoms with Gasteiger partial charge in [0, 0.05) is 53.0 Å². The van der Waals surface area contributed by atoms with E-state index in [0.717, 1.165) is 45.5 Å². The predicted molar refractivity (Wildman–Crippen MR) is 104 cm³/mol. The van der Waals surface area contributed by atoms with Crippen LogP contribution in [0.15, 0.2) is 4.99 Å². The summed E-state index contributed by atoms with van der Waals surface area (Å²) < 4.78 is 28.7. The van der Waals surface area contributed by atoms with Gasteiger partial charge in [0.05, 0.1) is 10.5 Å². The van der Waals surface area contributed by atoms with E-state index in [-0.39, 0.29) is 5.75 Å². The summed E-state index contributed by atoms with van der Waals surface area (Å²) in [5.41, 5.74) is 0. The van der Waals surface area contributed by atoms with Crippen molar-refractivity contribution in [2.45, 2.75) is 50.8 Å². The summed E-state index contributed by atoms with van der Waals surface area (Å²) in [6, 6.07) is 0.379. The molecule has 0 radical (unpaired) electrons. The lowest BCUT2D eigenvalue weighted by molar-refractivity contribution is 0.155. The molecule has 0 unspecified atom stereocenters. The smallest absolute Gasteiger partial charge is 0.191 e. The van der Waals surface area contributed by atoms with Crippen molar-refractivity contribution in [3.05, 3.63) is 0 Å². The van der Waals surface area contributed by atoms with Gasteiger partial charge >= 0.3 is 0 Å². The van der Waals surface area contributed by atoms with Gasteiger partial charge in [-0.1, -0.05) is 0 Å². The Kier molecular flexibility index (Phi) is 9.16. The van der Waals surface area contributed by atoms with Crippen molar-refractivity contribution in [1.82, 2.24) is 15.5 Å². The summed E-state index contributed by atoms with van der Waals surface area (Å²) in [5, 5.41) is 6.54. The first kappa shape index (κ1) is 22.2. The number of methoxy groups -OCH3 is 1. The minimum atomic E-state index is -3.12. The van der Waals surface area contributed by atoms with E-state index in [9.17, 15) is 8.42 Å². The lowest BCUT2D eigenvalue weighted by Gasteiger charge is -2.33. The second kappa shape index (κ2) is 10.3. The molecular formula is C17H36N4O3S. The average Bonchev–Trinajstić information content (AvgIpc) is 2.54. The molecular weight excluding hydrogens is 340 g/mol. The van der Waals surface area contributed by atoms with Gasteiger partial charge in [-0.3, -0.25) is 4.99 Å². The number of nitrogens with one attached hydrogen (secondary N) is 2. The molecule has 8 heteroatoms. The SMILES string of the molecule is CN=C(NCCS(=O)(=O)C(C)(C)C)NC1CCN(CCCOC)CC1. The van der Waals surface area contributed by atoms with E-state index < -0.39 is 14.6 Å². The summed E-state index contributed by atoms with van der Waals surface area (Å²) in [7, 11) is 0.338. The van der Waals surface area contributed by atoms with Crippen LogP contribution in [-0.4, -0.2) is 82.8 Å². The number of aliphatic imine (C=N–C) groups is 1. The lowest BCUT2D eigenvalue weighted by atomic mass is 10.1. The monoisotopic (exact) mass is 376 g/mol. The van der Waals surface area contributed by atoms with E-state index in [2.05, 4.69) is 20.5 Å². The standard InChI is InChI=1S/C17H36N4O3S/c1-17(2,3)25(22,23)14-9-19-16(18-4)20-15-7-11-21(12-8-15)10-6-13-24-5/h15H,6-14H2,1-5H3,(H2,18,19,20). The van der Waals surface area contributed by atoms with Crippen molar-refractivity contribution in [3.8, 4) is 0 Å². The molecule has 0 aliphatic carbocycles. The van der Waals surface area contributed by atoms with Gasteiger partial charge in [-0.25, -0.2) is 8.42 Å². The highest BCUT2D eigenvalue weighted by atomic mass is 32.2. The third-order valence-corrected chi connectivity index (χ3v) is 7.18. The first-order valence-electron chi connectivity index (χ1n) is 9.10. The van der Waals surface area contributed by atoms with E-state index >= 15 is 0 Å². The second-order valence-corrected chi connectivity index (χ2v) is 10.4. The number of sulfone groups is 1. The Morgan fingerprint density at radius 3 is 2.44 bits per heavy atom. The number of likely N-dealkylation sites (tertiary alicyclic amines) is 1. The van der Waals surface area contributed by atoms with Crippen LogP contribution in [0.2, 0.25) is 0 Å². The second-order valence-electron chi connectivity index (χ2n) is 7.54. The van der Waals surface area contributed by atoms with Crippen molar-refractivity contribution in [1.29, 1.82) is 0 Å². The van der Waals surface area contributed by atoms with Crippen LogP contribution < -0.4 is 10.6 Å². The highest BCUT2D eigenvalue weighted by Gasteiger charge is 2.28. The van der Waals surface area contributed by atoms with Crippen LogP contribution in [0, 0.1) is 0 Å². The van der Waals surface area contributed by atoms with E-state index in [1.54, 1.807) is 34.9 Å². The number of nitrogens with zero attached hydrogens (tertiary/aromatic N) is 2. The lowest BCUT2D eigenvalue weighted by Crippen LogP contribution is -2.49. The topological polar surface area (TPSA) is 83.0 Å². The number of hydrogen-bond acceptors (Lipinski definition) is 5. The van der Waals surface area contributed by atoms with Crippen LogP contribution in [-0.2, 0) is 14.6 Å². The molecule has 1 saturated heterocycles. The number of rotatable bonds is 8. The number of ether oxygens (including phenoxy) is 1. The van der Waals surface area contributed by atoms with Crippen LogP contribution >= 0.6 is 0 Å². The van der Waals surface area contributed by atoms with Gasteiger partial charge in [0.25, 0.3) is 0 Å². The molecule has 1 rings (SSSR count). The molecule has 0 aromatic carbocycles. The van der Waals surface area contributed by atoms with Crippen LogP contribution in [0.5, 0.6) is 0 Å². The van der Waals surface area contributed by atoms with Crippen LogP contribution in [0.1, 0.15) is 40.0 Å². The molecule has 25 heavy (non-hydrogen) atoms. The maximum Gasteiger partial charge on any atom is 0.191 e. The minimum Gasteiger partial charge on any atom is -0.385 e. The molecule has 2 N–H and O–H groups in total. The molecule has 0 atom stereocenters. The molecule has 1 fully saturated rings. The summed E-state index contributed by atoms with van der Waals surface area (Å²) in [4.78, 5) is 6.67. The Hall–Kier alpha value is -0.860. The Morgan fingerprint density at radius 1 is 1.28 bits per heavy atom. The van der Waals surface area contributed by atoms with Crippen LogP contribution in [0.4, 0.5) is 0 Å². The summed E-state index contributed by atoms with van der Waals surface area (Å²) in [6.45, 7) is 9.59. The fourth-order valence-corrected chi connectivity index (χ4v) is 3.71. The highest BCUT2D eigenvalue weighted by molar-refractivity contribution is 7.92. The number of guanidine groups is 1. The van der Waals surface area contributed by atoms with E-state index in [1.165, 1.54) is 0 Å². The third-order valence-electron chi connectivity index (χ3n) is 4.57. The molecule has 1 aliphatic heterocycles. The molecule has 0 saturated carbocycles. The van der Waals surface area contributed by atoms with Gasteiger partial charge in [-0.2, -0.15) is 0 Å². The molecule has 0 amide bonds. The Bertz CT molecular complexity index is 506. The maximum atomic E-state index is 12.1. The molecule has 0 spiro atoms. The Balaban J connectivity index is 2.31. The Morgan fingerprint density at radius 2 is 1.92 bits per heavy atom. The zero-order valence-electron chi connectivity index (χ0n) is 16.5. The van der Waals surface area contributed by atoms with Gasteiger partial charge in [0.15, 0.2) is 15.8 Å². The summed E-state index contributed by atoms with van der Waals surface area (Å²) >= 11 is 0. The third kappa shape index (κ3) is 7.92. The molecule has 0 aromatic heterocycles.